The number of hydrogen-bond donors (Lipinski definition) is 1. The van der Waals surface area contributed by atoms with E-state index in [2.05, 4.69) is 17.3 Å². The highest BCUT2D eigenvalue weighted by molar-refractivity contribution is 4.87. The monoisotopic (exact) mass is 238 g/mol. The van der Waals surface area contributed by atoms with Crippen LogP contribution in [0.2, 0.25) is 0 Å². The van der Waals surface area contributed by atoms with E-state index in [0.717, 1.165) is 12.0 Å². The van der Waals surface area contributed by atoms with Gasteiger partial charge < -0.3 is 10.2 Å². The molecule has 2 heteroatoms. The van der Waals surface area contributed by atoms with E-state index in [1.54, 1.807) is 0 Å². The molecule has 100 valence electrons. The molecule has 0 aromatic heterocycles. The molecule has 1 N–H and O–H groups in total. The van der Waals surface area contributed by atoms with Gasteiger partial charge in [0, 0.05) is 6.04 Å². The second-order valence-electron chi connectivity index (χ2n) is 5.95. The largest absolute Gasteiger partial charge is 0.320 e. The minimum atomic E-state index is 0.960. The molecule has 1 aliphatic heterocycles. The third-order valence-corrected chi connectivity index (χ3v) is 4.73. The van der Waals surface area contributed by atoms with Gasteiger partial charge in [-0.15, -0.1) is 0 Å². The smallest absolute Gasteiger partial charge is 0.0123 e. The molecule has 0 aromatic rings. The lowest BCUT2D eigenvalue weighted by molar-refractivity contribution is 0.0596. The van der Waals surface area contributed by atoms with Crippen molar-refractivity contribution in [2.75, 3.05) is 26.7 Å². The fourth-order valence-electron chi connectivity index (χ4n) is 3.80. The van der Waals surface area contributed by atoms with Crippen molar-refractivity contribution in [1.29, 1.82) is 0 Å². The Labute approximate surface area is 107 Å². The van der Waals surface area contributed by atoms with Crippen molar-refractivity contribution in [2.45, 2.75) is 63.8 Å². The minimum Gasteiger partial charge on any atom is -0.320 e. The summed E-state index contributed by atoms with van der Waals surface area (Å²) in [5, 5.41) is 3.24. The molecule has 2 unspecified atom stereocenters. The van der Waals surface area contributed by atoms with E-state index in [1.165, 1.54) is 77.4 Å². The van der Waals surface area contributed by atoms with Crippen LogP contribution in [0.1, 0.15) is 57.8 Å². The Hall–Kier alpha value is -0.0800. The van der Waals surface area contributed by atoms with E-state index in [-0.39, 0.29) is 0 Å². The van der Waals surface area contributed by atoms with Gasteiger partial charge in [0.05, 0.1) is 0 Å². The zero-order valence-corrected chi connectivity index (χ0v) is 11.6. The molecule has 1 aliphatic carbocycles. The van der Waals surface area contributed by atoms with Crippen molar-refractivity contribution in [3.8, 4) is 0 Å². The summed E-state index contributed by atoms with van der Waals surface area (Å²) in [5.74, 6) is 1.05. The van der Waals surface area contributed by atoms with Crippen LogP contribution in [0.4, 0.5) is 0 Å². The average Bonchev–Trinajstić information content (AvgIpc) is 2.39. The molecule has 0 spiro atoms. The fourth-order valence-corrected chi connectivity index (χ4v) is 3.80. The molecule has 1 saturated carbocycles. The zero-order valence-electron chi connectivity index (χ0n) is 11.6. The van der Waals surface area contributed by atoms with Crippen molar-refractivity contribution in [3.63, 3.8) is 0 Å². The van der Waals surface area contributed by atoms with Crippen LogP contribution >= 0.6 is 0 Å². The third kappa shape index (κ3) is 3.96. The molecule has 1 saturated heterocycles. The quantitative estimate of drug-likeness (QED) is 0.716. The predicted octanol–water partition coefficient (Wildman–Crippen LogP) is 3.03. The highest BCUT2D eigenvalue weighted by Gasteiger charge is 2.32. The molecule has 1 heterocycles. The predicted molar refractivity (Wildman–Crippen MR) is 74.3 cm³/mol. The van der Waals surface area contributed by atoms with E-state index < -0.39 is 0 Å². The van der Waals surface area contributed by atoms with Crippen LogP contribution in [0, 0.1) is 5.92 Å². The Balaban J connectivity index is 1.67. The van der Waals surface area contributed by atoms with Crippen LogP contribution in [0.25, 0.3) is 0 Å². The van der Waals surface area contributed by atoms with Gasteiger partial charge in [-0.2, -0.15) is 0 Å². The molecular formula is C15H30N2. The zero-order chi connectivity index (χ0) is 11.9. The van der Waals surface area contributed by atoms with E-state index in [4.69, 9.17) is 0 Å². The molecule has 2 aliphatic rings. The van der Waals surface area contributed by atoms with Gasteiger partial charge in [-0.3, -0.25) is 0 Å². The summed E-state index contributed by atoms with van der Waals surface area (Å²) in [4.78, 5) is 2.83. The Morgan fingerprint density at radius 3 is 2.71 bits per heavy atom. The Morgan fingerprint density at radius 2 is 1.82 bits per heavy atom. The van der Waals surface area contributed by atoms with Gasteiger partial charge in [0.25, 0.3) is 0 Å². The number of hydrogen-bond acceptors (Lipinski definition) is 2. The summed E-state index contributed by atoms with van der Waals surface area (Å²) in [6, 6.07) is 0.960. The number of nitrogens with one attached hydrogen (secondary N) is 1. The summed E-state index contributed by atoms with van der Waals surface area (Å²) < 4.78 is 0. The molecule has 0 bridgehead atoms. The fraction of sp³-hybridized carbons (Fsp3) is 1.00. The maximum absolute atomic E-state index is 3.24. The van der Waals surface area contributed by atoms with Crippen molar-refractivity contribution >= 4 is 0 Å². The van der Waals surface area contributed by atoms with Gasteiger partial charge in [0.15, 0.2) is 0 Å². The minimum absolute atomic E-state index is 0.960. The highest BCUT2D eigenvalue weighted by Crippen LogP contribution is 2.35. The molecular weight excluding hydrogens is 208 g/mol. The maximum atomic E-state index is 3.24. The van der Waals surface area contributed by atoms with E-state index in [1.807, 2.05) is 0 Å². The molecule has 0 amide bonds. The van der Waals surface area contributed by atoms with Gasteiger partial charge in [-0.25, -0.2) is 0 Å². The molecule has 0 aromatic carbocycles. The van der Waals surface area contributed by atoms with Crippen molar-refractivity contribution in [2.24, 2.45) is 5.92 Å². The second kappa shape index (κ2) is 7.38. The number of piperidine rings is 1. The standard InChI is InChI=1S/C15H30N2/c1-16-11-5-2-6-12-17-13-7-9-14-8-3-4-10-15(14)17/h14-16H,2-13H2,1H3. The van der Waals surface area contributed by atoms with Crippen LogP contribution in [-0.2, 0) is 0 Å². The first-order valence-electron chi connectivity index (χ1n) is 7.80. The Kier molecular flexibility index (Phi) is 5.79. The number of unbranched alkanes of at least 4 members (excludes halogenated alkanes) is 2. The van der Waals surface area contributed by atoms with E-state index >= 15 is 0 Å². The van der Waals surface area contributed by atoms with Gasteiger partial charge in [-0.05, 0) is 71.1 Å². The molecule has 2 atom stereocenters. The SMILES string of the molecule is CNCCCCCN1CCCC2CCCCC21. The van der Waals surface area contributed by atoms with Crippen molar-refractivity contribution in [1.82, 2.24) is 10.2 Å². The normalized spacial score (nSPS) is 30.2. The summed E-state index contributed by atoms with van der Waals surface area (Å²) in [5.41, 5.74) is 0. The van der Waals surface area contributed by atoms with E-state index in [0.29, 0.717) is 0 Å². The first kappa shape index (κ1) is 13.4. The van der Waals surface area contributed by atoms with Crippen LogP contribution in [0.15, 0.2) is 0 Å². The van der Waals surface area contributed by atoms with E-state index in [9.17, 15) is 0 Å². The molecule has 17 heavy (non-hydrogen) atoms. The van der Waals surface area contributed by atoms with Crippen molar-refractivity contribution < 1.29 is 0 Å². The first-order valence-corrected chi connectivity index (χ1v) is 7.80. The lowest BCUT2D eigenvalue weighted by atomic mass is 9.78. The summed E-state index contributed by atoms with van der Waals surface area (Å²) >= 11 is 0. The lowest BCUT2D eigenvalue weighted by Crippen LogP contribution is -2.47. The van der Waals surface area contributed by atoms with Gasteiger partial charge in [0.1, 0.15) is 0 Å². The number of likely N-dealkylation sites (tertiary alicyclic amines) is 1. The summed E-state index contributed by atoms with van der Waals surface area (Å²) in [6.07, 6.45) is 13.1. The number of nitrogens with zero attached hydrogens (tertiary/aromatic N) is 1. The van der Waals surface area contributed by atoms with Gasteiger partial charge >= 0.3 is 0 Å². The van der Waals surface area contributed by atoms with Crippen LogP contribution in [-0.4, -0.2) is 37.6 Å². The summed E-state index contributed by atoms with van der Waals surface area (Å²) in [6.45, 7) is 3.93. The first-order chi connectivity index (χ1) is 8.42. The van der Waals surface area contributed by atoms with Crippen LogP contribution < -0.4 is 5.32 Å². The van der Waals surface area contributed by atoms with Gasteiger partial charge in [0.2, 0.25) is 0 Å². The average molecular weight is 238 g/mol. The number of rotatable bonds is 6. The summed E-state index contributed by atoms with van der Waals surface area (Å²) in [7, 11) is 2.05. The Bertz CT molecular complexity index is 203. The van der Waals surface area contributed by atoms with Crippen LogP contribution in [0.5, 0.6) is 0 Å². The maximum Gasteiger partial charge on any atom is 0.0123 e. The highest BCUT2D eigenvalue weighted by atomic mass is 15.2. The van der Waals surface area contributed by atoms with Crippen molar-refractivity contribution in [3.05, 3.63) is 0 Å². The molecule has 2 nitrogen and oxygen atoms in total. The topological polar surface area (TPSA) is 15.3 Å². The van der Waals surface area contributed by atoms with Gasteiger partial charge in [-0.1, -0.05) is 19.3 Å². The number of fused-ring (bicyclic) bond motifs is 1. The molecule has 0 radical (unpaired) electrons. The molecule has 2 fully saturated rings. The second-order valence-corrected chi connectivity index (χ2v) is 5.95. The third-order valence-electron chi connectivity index (χ3n) is 4.73. The molecule has 2 rings (SSSR count). The Morgan fingerprint density at radius 1 is 1.00 bits per heavy atom. The van der Waals surface area contributed by atoms with Crippen LogP contribution in [0.3, 0.4) is 0 Å². The lowest BCUT2D eigenvalue weighted by Gasteiger charge is -2.44.